The Morgan fingerprint density at radius 1 is 1.05 bits per heavy atom. The maximum absolute atomic E-state index is 13.5. The Morgan fingerprint density at radius 2 is 1.68 bits per heavy atom. The smallest absolute Gasteiger partial charge is 0.373 e. The summed E-state index contributed by atoms with van der Waals surface area (Å²) in [6, 6.07) is 0. The molecule has 8 heteroatoms. The minimum absolute atomic E-state index is 0.0210. The number of allylic oxidation sites excluding steroid dienone is 6. The van der Waals surface area contributed by atoms with Crippen LogP contribution in [0, 0.1) is 35.5 Å². The van der Waals surface area contributed by atoms with Gasteiger partial charge in [0.2, 0.25) is 5.76 Å². The van der Waals surface area contributed by atoms with Crippen LogP contribution >= 0.6 is 0 Å². The van der Waals surface area contributed by atoms with Gasteiger partial charge in [0, 0.05) is 43.1 Å². The van der Waals surface area contributed by atoms with Crippen LogP contribution in [0.2, 0.25) is 0 Å². The molecule has 2 rings (SSSR count). The van der Waals surface area contributed by atoms with Gasteiger partial charge >= 0.3 is 5.97 Å². The van der Waals surface area contributed by atoms with E-state index in [0.29, 0.717) is 18.4 Å². The molecule has 2 aliphatic heterocycles. The van der Waals surface area contributed by atoms with Gasteiger partial charge in [-0.25, -0.2) is 4.79 Å². The summed E-state index contributed by atoms with van der Waals surface area (Å²) in [5.41, 5.74) is 0.922. The fourth-order valence-electron chi connectivity index (χ4n) is 6.67. The first-order valence-electron chi connectivity index (χ1n) is 16.1. The van der Waals surface area contributed by atoms with E-state index in [4.69, 9.17) is 18.9 Å². The predicted molar refractivity (Wildman–Crippen MR) is 173 cm³/mol. The molecular formula is C36H58O8. The van der Waals surface area contributed by atoms with E-state index in [1.165, 1.54) is 14.2 Å². The highest BCUT2D eigenvalue weighted by Gasteiger charge is 2.50. The van der Waals surface area contributed by atoms with Crippen LogP contribution in [0.3, 0.4) is 0 Å². The molecule has 1 fully saturated rings. The Bertz CT molecular complexity index is 1100. The van der Waals surface area contributed by atoms with Gasteiger partial charge in [-0.1, -0.05) is 83.9 Å². The van der Waals surface area contributed by atoms with Crippen molar-refractivity contribution < 1.29 is 38.7 Å². The summed E-state index contributed by atoms with van der Waals surface area (Å²) < 4.78 is 24.0. The van der Waals surface area contributed by atoms with Crippen molar-refractivity contribution in [1.29, 1.82) is 0 Å². The van der Waals surface area contributed by atoms with Crippen molar-refractivity contribution in [3.05, 3.63) is 47.3 Å². The predicted octanol–water partition coefficient (Wildman–Crippen LogP) is 5.97. The van der Waals surface area contributed by atoms with Gasteiger partial charge in [0.15, 0.2) is 0 Å². The van der Waals surface area contributed by atoms with Gasteiger partial charge in [-0.3, -0.25) is 4.79 Å². The van der Waals surface area contributed by atoms with Gasteiger partial charge in [0.05, 0.1) is 31.0 Å². The number of rotatable bonds is 7. The van der Waals surface area contributed by atoms with E-state index in [-0.39, 0.29) is 41.3 Å². The van der Waals surface area contributed by atoms with Gasteiger partial charge in [-0.05, 0) is 39.2 Å². The zero-order valence-corrected chi connectivity index (χ0v) is 29.0. The SMILES string of the molecule is CO/C1=C\C(C)=C\[C@@H](C)C(=O)[C@@H](C)C/C(C)=C/C=C/[C@H](OC)[C@@H]([C@@H](C)[C@@H](O)[C@H](C)[C@@]2(C)C[C@@H](O)[C@H](C)[C@@H](C(C)C)O2)OC1=O. The van der Waals surface area contributed by atoms with Crippen molar-refractivity contribution in [2.24, 2.45) is 35.5 Å². The molecule has 0 saturated carbocycles. The summed E-state index contributed by atoms with van der Waals surface area (Å²) in [7, 11) is 2.93. The number of ketones is 1. The number of carbonyl (C=O) groups excluding carboxylic acids is 2. The number of Topliss-reactive ketones (excluding diaryl/α,β-unsaturated/α-hetero) is 1. The number of aliphatic hydroxyl groups excluding tert-OH is 2. The molecule has 0 bridgehead atoms. The van der Waals surface area contributed by atoms with Crippen LogP contribution in [0.15, 0.2) is 47.3 Å². The van der Waals surface area contributed by atoms with Crippen molar-refractivity contribution in [3.63, 3.8) is 0 Å². The standard InChI is InChI=1S/C36H58O8/c1-20(2)33-25(7)28(37)19-36(10,44-33)27(9)32(39)26(8)34-29(41-11)15-13-14-21(3)16-23(5)31(38)24(6)17-22(4)18-30(42-12)35(40)43-34/h13-15,17-18,20,23-29,32-34,37,39H,16,19H2,1-12H3/b15-13+,21-14+,22-17+,30-18-/t23-,24+,25-,26-,27-,28+,29-,32+,33+,34+,36+/m0/s1. The quantitative estimate of drug-likeness (QED) is 0.336. The van der Waals surface area contributed by atoms with Crippen molar-refractivity contribution in [3.8, 4) is 0 Å². The van der Waals surface area contributed by atoms with Gasteiger partial charge < -0.3 is 29.2 Å². The number of ether oxygens (including phenoxy) is 4. The Labute approximate surface area is 265 Å². The third-order valence-electron chi connectivity index (χ3n) is 9.71. The van der Waals surface area contributed by atoms with E-state index < -0.39 is 47.8 Å². The molecule has 0 unspecified atom stereocenters. The molecule has 0 spiro atoms. The lowest BCUT2D eigenvalue weighted by Crippen LogP contribution is -2.57. The molecule has 2 heterocycles. The highest BCUT2D eigenvalue weighted by atomic mass is 16.6. The number of hydrogen-bond donors (Lipinski definition) is 2. The molecule has 44 heavy (non-hydrogen) atoms. The maximum atomic E-state index is 13.5. The van der Waals surface area contributed by atoms with Crippen LogP contribution in [-0.2, 0) is 28.5 Å². The Hall–Kier alpha value is -2.26. The first kappa shape index (κ1) is 37.9. The molecule has 2 aliphatic rings. The lowest BCUT2D eigenvalue weighted by atomic mass is 9.71. The van der Waals surface area contributed by atoms with Crippen molar-refractivity contribution >= 4 is 11.8 Å². The van der Waals surface area contributed by atoms with Crippen LogP contribution < -0.4 is 0 Å². The number of carbonyl (C=O) groups is 2. The van der Waals surface area contributed by atoms with Gasteiger partial charge in [-0.15, -0.1) is 0 Å². The molecule has 0 radical (unpaired) electrons. The molecule has 0 aromatic carbocycles. The van der Waals surface area contributed by atoms with Gasteiger partial charge in [-0.2, -0.15) is 0 Å². The second-order valence-electron chi connectivity index (χ2n) is 13.8. The molecule has 0 aromatic rings. The first-order chi connectivity index (χ1) is 20.5. The summed E-state index contributed by atoms with van der Waals surface area (Å²) in [5.74, 6) is -1.96. The lowest BCUT2D eigenvalue weighted by Gasteiger charge is -2.51. The number of cyclic esters (lactones) is 1. The summed E-state index contributed by atoms with van der Waals surface area (Å²) in [6.07, 6.45) is 6.68. The zero-order chi connectivity index (χ0) is 33.5. The van der Waals surface area contributed by atoms with E-state index in [1.54, 1.807) is 12.2 Å². The summed E-state index contributed by atoms with van der Waals surface area (Å²) in [5, 5.41) is 22.8. The minimum Gasteiger partial charge on any atom is -0.490 e. The second-order valence-corrected chi connectivity index (χ2v) is 13.8. The van der Waals surface area contributed by atoms with Crippen molar-refractivity contribution in [2.45, 2.75) is 118 Å². The summed E-state index contributed by atoms with van der Waals surface area (Å²) >= 11 is 0. The maximum Gasteiger partial charge on any atom is 0.373 e. The fraction of sp³-hybridized carbons (Fsp3) is 0.722. The number of aliphatic hydroxyl groups is 2. The number of methoxy groups -OCH3 is 2. The average molecular weight is 619 g/mol. The van der Waals surface area contributed by atoms with E-state index in [9.17, 15) is 19.8 Å². The van der Waals surface area contributed by atoms with E-state index >= 15 is 0 Å². The van der Waals surface area contributed by atoms with Crippen LogP contribution in [0.25, 0.3) is 0 Å². The number of hydrogen-bond acceptors (Lipinski definition) is 8. The van der Waals surface area contributed by atoms with E-state index in [0.717, 1.165) is 5.57 Å². The van der Waals surface area contributed by atoms with Crippen LogP contribution in [-0.4, -0.2) is 72.3 Å². The third-order valence-corrected chi connectivity index (χ3v) is 9.71. The molecule has 0 amide bonds. The third kappa shape index (κ3) is 9.38. The first-order valence-corrected chi connectivity index (χ1v) is 16.1. The van der Waals surface area contributed by atoms with Crippen LogP contribution in [0.1, 0.15) is 82.1 Å². The zero-order valence-electron chi connectivity index (χ0n) is 29.0. The highest BCUT2D eigenvalue weighted by molar-refractivity contribution is 5.87. The molecule has 250 valence electrons. The molecule has 8 nitrogen and oxygen atoms in total. The monoisotopic (exact) mass is 618 g/mol. The number of esters is 1. The van der Waals surface area contributed by atoms with E-state index in [1.807, 2.05) is 73.6 Å². The topological polar surface area (TPSA) is 112 Å². The van der Waals surface area contributed by atoms with Crippen molar-refractivity contribution in [1.82, 2.24) is 0 Å². The average Bonchev–Trinajstić information content (AvgIpc) is 2.96. The Morgan fingerprint density at radius 3 is 2.25 bits per heavy atom. The van der Waals surface area contributed by atoms with Crippen LogP contribution in [0.4, 0.5) is 0 Å². The molecule has 0 aromatic heterocycles. The lowest BCUT2D eigenvalue weighted by molar-refractivity contribution is -0.230. The Kier molecular flexibility index (Phi) is 14.1. The van der Waals surface area contributed by atoms with Gasteiger partial charge in [0.1, 0.15) is 18.0 Å². The Balaban J connectivity index is 2.53. The fourth-order valence-corrected chi connectivity index (χ4v) is 6.67. The molecule has 0 aliphatic carbocycles. The second kappa shape index (κ2) is 16.3. The summed E-state index contributed by atoms with van der Waals surface area (Å²) in [4.78, 5) is 26.5. The largest absolute Gasteiger partial charge is 0.490 e. The molecule has 2 N–H and O–H groups in total. The van der Waals surface area contributed by atoms with Crippen molar-refractivity contribution in [2.75, 3.05) is 14.2 Å². The highest BCUT2D eigenvalue weighted by Crippen LogP contribution is 2.42. The normalized spacial score (nSPS) is 39.5. The molecule has 11 atom stereocenters. The summed E-state index contributed by atoms with van der Waals surface area (Å²) in [6.45, 7) is 19.4. The molecular weight excluding hydrogens is 560 g/mol. The molecule has 1 saturated heterocycles. The van der Waals surface area contributed by atoms with Gasteiger partial charge in [0.25, 0.3) is 0 Å². The minimum atomic E-state index is -0.968. The van der Waals surface area contributed by atoms with Crippen LogP contribution in [0.5, 0.6) is 0 Å². The van der Waals surface area contributed by atoms with E-state index in [2.05, 4.69) is 13.8 Å².